The maximum Gasteiger partial charge on any atom is 0.239 e. The number of benzene rings is 2. The minimum atomic E-state index is -0.0451. The van der Waals surface area contributed by atoms with Crippen molar-refractivity contribution >= 4 is 23.2 Å². The van der Waals surface area contributed by atoms with E-state index in [1.165, 1.54) is 0 Å². The lowest BCUT2D eigenvalue weighted by molar-refractivity contribution is -0.120. The molecule has 0 radical (unpaired) electrons. The van der Waals surface area contributed by atoms with Crippen LogP contribution >= 0.6 is 11.6 Å². The molecule has 0 aromatic heterocycles. The van der Waals surface area contributed by atoms with Crippen LogP contribution in [0.25, 0.3) is 0 Å². The number of carbonyl (C=O) groups is 1. The first-order valence-corrected chi connectivity index (χ1v) is 6.86. The van der Waals surface area contributed by atoms with Gasteiger partial charge in [0.05, 0.1) is 12.6 Å². The SMILES string of the molecule is C[C@@H](NC(=O)CNc1ccc(Cl)cc1)c1ccccc1. The summed E-state index contributed by atoms with van der Waals surface area (Å²) in [6, 6.07) is 17.1. The Balaban J connectivity index is 1.82. The van der Waals surface area contributed by atoms with Crippen molar-refractivity contribution in [3.8, 4) is 0 Å². The molecule has 3 nitrogen and oxygen atoms in total. The van der Waals surface area contributed by atoms with Crippen molar-refractivity contribution in [3.63, 3.8) is 0 Å². The fourth-order valence-electron chi connectivity index (χ4n) is 1.87. The lowest BCUT2D eigenvalue weighted by Gasteiger charge is -2.15. The van der Waals surface area contributed by atoms with Crippen molar-refractivity contribution < 1.29 is 4.79 Å². The van der Waals surface area contributed by atoms with Gasteiger partial charge < -0.3 is 10.6 Å². The molecule has 0 aliphatic carbocycles. The Labute approximate surface area is 124 Å². The minimum Gasteiger partial charge on any atom is -0.376 e. The third-order valence-electron chi connectivity index (χ3n) is 2.97. The fraction of sp³-hybridized carbons (Fsp3) is 0.188. The maximum atomic E-state index is 11.9. The fourth-order valence-corrected chi connectivity index (χ4v) is 1.99. The van der Waals surface area contributed by atoms with Gasteiger partial charge in [-0.25, -0.2) is 0 Å². The summed E-state index contributed by atoms with van der Waals surface area (Å²) >= 11 is 5.80. The van der Waals surface area contributed by atoms with E-state index in [2.05, 4.69) is 10.6 Å². The van der Waals surface area contributed by atoms with Crippen LogP contribution in [0.5, 0.6) is 0 Å². The van der Waals surface area contributed by atoms with Crippen molar-refractivity contribution in [2.75, 3.05) is 11.9 Å². The molecule has 0 heterocycles. The number of hydrogen-bond acceptors (Lipinski definition) is 2. The molecule has 0 spiro atoms. The highest BCUT2D eigenvalue weighted by molar-refractivity contribution is 6.30. The summed E-state index contributed by atoms with van der Waals surface area (Å²) in [5, 5.41) is 6.69. The molecule has 0 aliphatic heterocycles. The molecule has 4 heteroatoms. The Hall–Kier alpha value is -2.00. The van der Waals surface area contributed by atoms with E-state index < -0.39 is 0 Å². The smallest absolute Gasteiger partial charge is 0.239 e. The normalized spacial score (nSPS) is 11.7. The molecule has 104 valence electrons. The summed E-state index contributed by atoms with van der Waals surface area (Å²) in [6.45, 7) is 2.20. The van der Waals surface area contributed by atoms with E-state index in [1.807, 2.05) is 49.4 Å². The summed E-state index contributed by atoms with van der Waals surface area (Å²) in [7, 11) is 0. The molecule has 2 aromatic carbocycles. The topological polar surface area (TPSA) is 41.1 Å². The molecular formula is C16H17ClN2O. The van der Waals surface area contributed by atoms with E-state index in [1.54, 1.807) is 12.1 Å². The highest BCUT2D eigenvalue weighted by Gasteiger charge is 2.08. The van der Waals surface area contributed by atoms with Crippen LogP contribution in [-0.4, -0.2) is 12.5 Å². The van der Waals surface area contributed by atoms with Crippen LogP contribution in [0.1, 0.15) is 18.5 Å². The Morgan fingerprint density at radius 1 is 1.10 bits per heavy atom. The maximum absolute atomic E-state index is 11.9. The number of rotatable bonds is 5. The number of nitrogens with one attached hydrogen (secondary N) is 2. The lowest BCUT2D eigenvalue weighted by atomic mass is 10.1. The molecule has 0 saturated heterocycles. The highest BCUT2D eigenvalue weighted by atomic mass is 35.5. The van der Waals surface area contributed by atoms with E-state index in [-0.39, 0.29) is 18.5 Å². The first-order chi connectivity index (χ1) is 9.65. The van der Waals surface area contributed by atoms with Crippen molar-refractivity contribution in [2.45, 2.75) is 13.0 Å². The zero-order valence-electron chi connectivity index (χ0n) is 11.3. The largest absolute Gasteiger partial charge is 0.376 e. The van der Waals surface area contributed by atoms with Crippen LogP contribution in [0.4, 0.5) is 5.69 Å². The van der Waals surface area contributed by atoms with Gasteiger partial charge in [-0.3, -0.25) is 4.79 Å². The van der Waals surface area contributed by atoms with Gasteiger partial charge in [0.2, 0.25) is 5.91 Å². The van der Waals surface area contributed by atoms with Crippen LogP contribution < -0.4 is 10.6 Å². The molecule has 0 saturated carbocycles. The van der Waals surface area contributed by atoms with Crippen molar-refractivity contribution in [1.82, 2.24) is 5.32 Å². The predicted molar refractivity (Wildman–Crippen MR) is 82.9 cm³/mol. The molecule has 0 unspecified atom stereocenters. The van der Waals surface area contributed by atoms with Gasteiger partial charge in [-0.15, -0.1) is 0 Å². The molecule has 2 N–H and O–H groups in total. The Morgan fingerprint density at radius 2 is 1.75 bits per heavy atom. The Morgan fingerprint density at radius 3 is 2.40 bits per heavy atom. The van der Waals surface area contributed by atoms with Gasteiger partial charge >= 0.3 is 0 Å². The summed E-state index contributed by atoms with van der Waals surface area (Å²) in [5.41, 5.74) is 1.96. The summed E-state index contributed by atoms with van der Waals surface area (Å²) in [6.07, 6.45) is 0. The average molecular weight is 289 g/mol. The summed E-state index contributed by atoms with van der Waals surface area (Å²) in [4.78, 5) is 11.9. The quantitative estimate of drug-likeness (QED) is 0.882. The monoisotopic (exact) mass is 288 g/mol. The zero-order chi connectivity index (χ0) is 14.4. The van der Waals surface area contributed by atoms with E-state index in [0.717, 1.165) is 11.3 Å². The molecule has 1 amide bonds. The number of anilines is 1. The molecular weight excluding hydrogens is 272 g/mol. The van der Waals surface area contributed by atoms with Crippen LogP contribution in [0.15, 0.2) is 54.6 Å². The number of carbonyl (C=O) groups excluding carboxylic acids is 1. The lowest BCUT2D eigenvalue weighted by Crippen LogP contribution is -2.32. The summed E-state index contributed by atoms with van der Waals surface area (Å²) in [5.74, 6) is -0.0451. The average Bonchev–Trinajstić information content (AvgIpc) is 2.47. The highest BCUT2D eigenvalue weighted by Crippen LogP contribution is 2.13. The predicted octanol–water partition coefficient (Wildman–Crippen LogP) is 3.63. The van der Waals surface area contributed by atoms with Crippen LogP contribution in [-0.2, 0) is 4.79 Å². The van der Waals surface area contributed by atoms with Crippen LogP contribution in [0, 0.1) is 0 Å². The minimum absolute atomic E-state index is 0.00396. The number of amides is 1. The number of halogens is 1. The second-order valence-corrected chi connectivity index (χ2v) is 5.00. The van der Waals surface area contributed by atoms with E-state index in [0.29, 0.717) is 5.02 Å². The van der Waals surface area contributed by atoms with Crippen molar-refractivity contribution in [1.29, 1.82) is 0 Å². The van der Waals surface area contributed by atoms with Gasteiger partial charge in [-0.1, -0.05) is 41.9 Å². The van der Waals surface area contributed by atoms with Crippen molar-refractivity contribution in [3.05, 3.63) is 65.2 Å². The first-order valence-electron chi connectivity index (χ1n) is 6.49. The third kappa shape index (κ3) is 4.28. The zero-order valence-corrected chi connectivity index (χ0v) is 12.0. The van der Waals surface area contributed by atoms with Crippen LogP contribution in [0.2, 0.25) is 5.02 Å². The summed E-state index contributed by atoms with van der Waals surface area (Å²) < 4.78 is 0. The van der Waals surface area contributed by atoms with Gasteiger partial charge in [0.1, 0.15) is 0 Å². The second-order valence-electron chi connectivity index (χ2n) is 4.56. The van der Waals surface area contributed by atoms with E-state index in [4.69, 9.17) is 11.6 Å². The molecule has 0 aliphatic rings. The molecule has 2 rings (SSSR count). The van der Waals surface area contributed by atoms with Gasteiger partial charge in [-0.05, 0) is 36.8 Å². The molecule has 1 atom stereocenters. The van der Waals surface area contributed by atoms with E-state index >= 15 is 0 Å². The third-order valence-corrected chi connectivity index (χ3v) is 3.23. The van der Waals surface area contributed by atoms with Crippen molar-refractivity contribution in [2.24, 2.45) is 0 Å². The van der Waals surface area contributed by atoms with E-state index in [9.17, 15) is 4.79 Å². The Bertz CT molecular complexity index is 554. The van der Waals surface area contributed by atoms with Gasteiger partial charge in [0.15, 0.2) is 0 Å². The second kappa shape index (κ2) is 6.96. The van der Waals surface area contributed by atoms with Gasteiger partial charge in [-0.2, -0.15) is 0 Å². The molecule has 2 aromatic rings. The first kappa shape index (κ1) is 14.4. The Kier molecular flexibility index (Phi) is 5.02. The molecule has 20 heavy (non-hydrogen) atoms. The number of hydrogen-bond donors (Lipinski definition) is 2. The standard InChI is InChI=1S/C16H17ClN2O/c1-12(13-5-3-2-4-6-13)19-16(20)11-18-15-9-7-14(17)8-10-15/h2-10,12,18H,11H2,1H3,(H,19,20)/t12-/m1/s1. The molecule has 0 bridgehead atoms. The molecule has 0 fully saturated rings. The van der Waals surface area contributed by atoms with Crippen LogP contribution in [0.3, 0.4) is 0 Å². The van der Waals surface area contributed by atoms with Gasteiger partial charge in [0, 0.05) is 10.7 Å². The van der Waals surface area contributed by atoms with Gasteiger partial charge in [0.25, 0.3) is 0 Å².